The number of carbonyl (C=O) groups is 1. The molecule has 0 bridgehead atoms. The first kappa shape index (κ1) is 19.3. The first-order valence-electron chi connectivity index (χ1n) is 9.41. The van der Waals surface area contributed by atoms with Crippen LogP contribution in [0.3, 0.4) is 0 Å². The van der Waals surface area contributed by atoms with Gasteiger partial charge in [-0.25, -0.2) is 4.39 Å². The van der Waals surface area contributed by atoms with Crippen molar-refractivity contribution < 1.29 is 19.0 Å². The van der Waals surface area contributed by atoms with E-state index in [9.17, 15) is 14.3 Å². The Hall–Kier alpha value is -1.50. The maximum absolute atomic E-state index is 13.3. The Morgan fingerprint density at radius 3 is 2.81 bits per heavy atom. The highest BCUT2D eigenvalue weighted by atomic mass is 19.1. The van der Waals surface area contributed by atoms with Gasteiger partial charge < -0.3 is 19.6 Å². The van der Waals surface area contributed by atoms with Gasteiger partial charge in [-0.1, -0.05) is 12.1 Å². The van der Waals surface area contributed by atoms with E-state index in [2.05, 4.69) is 4.90 Å². The maximum atomic E-state index is 13.3. The number of amides is 1. The summed E-state index contributed by atoms with van der Waals surface area (Å²) in [5, 5.41) is 9.85. The summed E-state index contributed by atoms with van der Waals surface area (Å²) in [5.74, 6) is 0.0147. The monoisotopic (exact) mass is 364 g/mol. The first-order chi connectivity index (χ1) is 12.6. The van der Waals surface area contributed by atoms with Gasteiger partial charge in [-0.2, -0.15) is 0 Å². The molecule has 0 aliphatic carbocycles. The number of hydrogen-bond acceptors (Lipinski definition) is 4. The largest absolute Gasteiger partial charge is 0.396 e. The van der Waals surface area contributed by atoms with Crippen molar-refractivity contribution in [2.24, 2.45) is 11.3 Å². The lowest BCUT2D eigenvalue weighted by Crippen LogP contribution is -2.47. The molecule has 2 heterocycles. The minimum absolute atomic E-state index is 0.0558. The van der Waals surface area contributed by atoms with E-state index >= 15 is 0 Å². The molecule has 2 aliphatic rings. The molecule has 1 spiro atoms. The molecule has 3 rings (SSSR count). The van der Waals surface area contributed by atoms with Gasteiger partial charge in [-0.3, -0.25) is 4.79 Å². The Labute approximate surface area is 154 Å². The van der Waals surface area contributed by atoms with E-state index in [1.54, 1.807) is 19.2 Å². The molecule has 1 atom stereocenters. The van der Waals surface area contributed by atoms with Crippen LogP contribution in [0, 0.1) is 17.2 Å². The molecule has 0 aromatic heterocycles. The van der Waals surface area contributed by atoms with Crippen LogP contribution in [0.1, 0.15) is 18.4 Å². The summed E-state index contributed by atoms with van der Waals surface area (Å²) in [6, 6.07) is 6.25. The van der Waals surface area contributed by atoms with Crippen LogP contribution in [0.4, 0.5) is 4.39 Å². The van der Waals surface area contributed by atoms with Crippen LogP contribution >= 0.6 is 0 Å². The summed E-state index contributed by atoms with van der Waals surface area (Å²) in [6.07, 6.45) is 2.07. The zero-order valence-corrected chi connectivity index (χ0v) is 15.5. The number of nitrogens with zero attached hydrogens (tertiary/aromatic N) is 2. The fourth-order valence-corrected chi connectivity index (χ4v) is 4.49. The van der Waals surface area contributed by atoms with E-state index in [4.69, 9.17) is 4.74 Å². The molecule has 26 heavy (non-hydrogen) atoms. The number of piperidine rings is 1. The van der Waals surface area contributed by atoms with Crippen LogP contribution in [-0.2, 0) is 16.0 Å². The predicted molar refractivity (Wildman–Crippen MR) is 97.2 cm³/mol. The Morgan fingerprint density at radius 1 is 1.38 bits per heavy atom. The highest BCUT2D eigenvalue weighted by Crippen LogP contribution is 2.44. The van der Waals surface area contributed by atoms with Crippen LogP contribution in [0.5, 0.6) is 0 Å². The second-order valence-electron chi connectivity index (χ2n) is 7.66. The quantitative estimate of drug-likeness (QED) is 0.832. The van der Waals surface area contributed by atoms with E-state index < -0.39 is 0 Å². The zero-order chi connectivity index (χ0) is 18.6. The third-order valence-corrected chi connectivity index (χ3v) is 6.07. The first-order valence-corrected chi connectivity index (χ1v) is 9.41. The normalized spacial score (nSPS) is 22.9. The molecule has 6 heteroatoms. The number of hydrogen-bond donors (Lipinski definition) is 1. The number of ether oxygens (including phenoxy) is 1. The van der Waals surface area contributed by atoms with Gasteiger partial charge in [0.2, 0.25) is 5.91 Å². The molecule has 2 fully saturated rings. The van der Waals surface area contributed by atoms with Crippen LogP contribution in [0.2, 0.25) is 0 Å². The second kappa shape index (κ2) is 8.46. The van der Waals surface area contributed by atoms with Gasteiger partial charge in [0.15, 0.2) is 0 Å². The lowest BCUT2D eigenvalue weighted by molar-refractivity contribution is -0.133. The third-order valence-electron chi connectivity index (χ3n) is 6.07. The van der Waals surface area contributed by atoms with Crippen molar-refractivity contribution in [2.45, 2.75) is 19.3 Å². The van der Waals surface area contributed by atoms with E-state index in [-0.39, 0.29) is 36.1 Å². The van der Waals surface area contributed by atoms with Crippen LogP contribution < -0.4 is 0 Å². The van der Waals surface area contributed by atoms with E-state index in [1.165, 1.54) is 12.1 Å². The van der Waals surface area contributed by atoms with Crippen molar-refractivity contribution >= 4 is 5.91 Å². The van der Waals surface area contributed by atoms with Crippen molar-refractivity contribution in [3.63, 3.8) is 0 Å². The smallest absolute Gasteiger partial charge is 0.226 e. The molecule has 1 amide bonds. The fourth-order valence-electron chi connectivity index (χ4n) is 4.49. The number of aliphatic hydroxyl groups excluding tert-OH is 1. The molecule has 2 saturated heterocycles. The van der Waals surface area contributed by atoms with Gasteiger partial charge in [0, 0.05) is 52.4 Å². The summed E-state index contributed by atoms with van der Waals surface area (Å²) in [5.41, 5.74) is 0.813. The number of aliphatic hydroxyl groups is 1. The summed E-state index contributed by atoms with van der Waals surface area (Å²) < 4.78 is 18.5. The van der Waals surface area contributed by atoms with Gasteiger partial charge in [-0.05, 0) is 36.0 Å². The fraction of sp³-hybridized carbons (Fsp3) is 0.650. The number of likely N-dealkylation sites (tertiary alicyclic amines) is 2. The average molecular weight is 364 g/mol. The molecule has 1 aromatic rings. The molecular weight excluding hydrogens is 335 g/mol. The Balaban J connectivity index is 1.56. The van der Waals surface area contributed by atoms with Crippen molar-refractivity contribution in [3.8, 4) is 0 Å². The van der Waals surface area contributed by atoms with Gasteiger partial charge >= 0.3 is 0 Å². The topological polar surface area (TPSA) is 53.0 Å². The lowest BCUT2D eigenvalue weighted by atomic mass is 9.71. The SMILES string of the molecule is COCCN1CC(CO)C2(CCN(C(=O)Cc3cccc(F)c3)CC2)C1. The van der Waals surface area contributed by atoms with Gasteiger partial charge in [0.05, 0.1) is 13.0 Å². The molecule has 144 valence electrons. The molecule has 0 radical (unpaired) electrons. The van der Waals surface area contributed by atoms with E-state index in [0.717, 1.165) is 38.0 Å². The summed E-state index contributed by atoms with van der Waals surface area (Å²) in [6.45, 7) is 5.07. The minimum Gasteiger partial charge on any atom is -0.396 e. The predicted octanol–water partition coefficient (Wildman–Crippen LogP) is 1.55. The van der Waals surface area contributed by atoms with Crippen LogP contribution in [0.25, 0.3) is 0 Å². The Morgan fingerprint density at radius 2 is 2.15 bits per heavy atom. The highest BCUT2D eigenvalue weighted by Gasteiger charge is 2.47. The van der Waals surface area contributed by atoms with E-state index in [0.29, 0.717) is 19.7 Å². The zero-order valence-electron chi connectivity index (χ0n) is 15.5. The molecule has 5 nitrogen and oxygen atoms in total. The molecule has 1 aromatic carbocycles. The number of rotatable bonds is 6. The molecule has 1 N–H and O–H groups in total. The van der Waals surface area contributed by atoms with E-state index in [1.807, 2.05) is 4.90 Å². The molecule has 0 saturated carbocycles. The molecular formula is C20H29FN2O3. The number of carbonyl (C=O) groups excluding carboxylic acids is 1. The van der Waals surface area contributed by atoms with Gasteiger partial charge in [0.1, 0.15) is 5.82 Å². The minimum atomic E-state index is -0.305. The Bertz CT molecular complexity index is 617. The van der Waals surface area contributed by atoms with Crippen molar-refractivity contribution in [1.29, 1.82) is 0 Å². The van der Waals surface area contributed by atoms with Gasteiger partial charge in [0.25, 0.3) is 0 Å². The average Bonchev–Trinajstić information content (AvgIpc) is 2.97. The lowest BCUT2D eigenvalue weighted by Gasteiger charge is -2.42. The molecule has 2 aliphatic heterocycles. The van der Waals surface area contributed by atoms with Crippen LogP contribution in [0.15, 0.2) is 24.3 Å². The summed E-state index contributed by atoms with van der Waals surface area (Å²) in [7, 11) is 1.71. The third kappa shape index (κ3) is 4.24. The number of halogens is 1. The maximum Gasteiger partial charge on any atom is 0.226 e. The second-order valence-corrected chi connectivity index (χ2v) is 7.66. The van der Waals surface area contributed by atoms with Crippen molar-refractivity contribution in [2.75, 3.05) is 53.0 Å². The Kier molecular flexibility index (Phi) is 6.27. The summed E-state index contributed by atoms with van der Waals surface area (Å²) in [4.78, 5) is 16.8. The summed E-state index contributed by atoms with van der Waals surface area (Å²) >= 11 is 0. The molecule has 1 unspecified atom stereocenters. The van der Waals surface area contributed by atoms with Crippen LogP contribution in [-0.4, -0.2) is 73.9 Å². The highest BCUT2D eigenvalue weighted by molar-refractivity contribution is 5.78. The number of benzene rings is 1. The standard InChI is InChI=1S/C20H29FN2O3/c1-26-10-9-22-13-17(14-24)20(15-22)5-7-23(8-6-20)19(25)12-16-3-2-4-18(21)11-16/h2-4,11,17,24H,5-10,12-15H2,1H3. The van der Waals surface area contributed by atoms with Crippen molar-refractivity contribution in [1.82, 2.24) is 9.80 Å². The number of methoxy groups -OCH3 is 1. The van der Waals surface area contributed by atoms with Crippen molar-refractivity contribution in [3.05, 3.63) is 35.6 Å². The van der Waals surface area contributed by atoms with Gasteiger partial charge in [-0.15, -0.1) is 0 Å².